The summed E-state index contributed by atoms with van der Waals surface area (Å²) in [5.74, 6) is 0. The largest absolute Gasteiger partial charge is 0.465 e. The standard InChI is InChI=1S/C14H26N4O5/c1-5-17(13(20)21)10-16-18-6-7-22-11(9-18)8-15-12(19)23-14(2,3)4/h10-11H,5-9H2,1-4H3,(H,15,19)(H,20,21). The van der Waals surface area contributed by atoms with Crippen LogP contribution in [-0.2, 0) is 9.47 Å². The number of hydrogen-bond donors (Lipinski definition) is 2. The second-order valence-electron chi connectivity index (χ2n) is 6.09. The van der Waals surface area contributed by atoms with Gasteiger partial charge in [-0.2, -0.15) is 5.10 Å². The lowest BCUT2D eigenvalue weighted by atomic mass is 10.2. The third kappa shape index (κ3) is 7.68. The molecule has 2 N–H and O–H groups in total. The number of carbonyl (C=O) groups excluding carboxylic acids is 1. The van der Waals surface area contributed by atoms with Crippen LogP contribution in [0.25, 0.3) is 0 Å². The number of amides is 2. The van der Waals surface area contributed by atoms with Gasteiger partial charge in [0.2, 0.25) is 0 Å². The molecule has 1 aliphatic heterocycles. The molecule has 132 valence electrons. The van der Waals surface area contributed by atoms with Gasteiger partial charge in [0, 0.05) is 13.1 Å². The fourth-order valence-electron chi connectivity index (χ4n) is 1.85. The van der Waals surface area contributed by atoms with Crippen LogP contribution in [0.15, 0.2) is 5.10 Å². The lowest BCUT2D eigenvalue weighted by Gasteiger charge is -2.31. The molecular weight excluding hydrogens is 304 g/mol. The van der Waals surface area contributed by atoms with Gasteiger partial charge in [-0.1, -0.05) is 0 Å². The Bertz CT molecular complexity index is 435. The Balaban J connectivity index is 2.41. The first-order valence-corrected chi connectivity index (χ1v) is 7.58. The maximum absolute atomic E-state index is 11.6. The maximum atomic E-state index is 11.6. The van der Waals surface area contributed by atoms with Crippen LogP contribution in [0.3, 0.4) is 0 Å². The van der Waals surface area contributed by atoms with Crippen molar-refractivity contribution in [3.63, 3.8) is 0 Å². The Morgan fingerprint density at radius 2 is 2.22 bits per heavy atom. The van der Waals surface area contributed by atoms with Gasteiger partial charge in [-0.05, 0) is 27.7 Å². The summed E-state index contributed by atoms with van der Waals surface area (Å²) in [4.78, 5) is 23.6. The van der Waals surface area contributed by atoms with Gasteiger partial charge in [0.1, 0.15) is 11.9 Å². The smallest absolute Gasteiger partial charge is 0.412 e. The molecule has 23 heavy (non-hydrogen) atoms. The first kappa shape index (κ1) is 19.0. The minimum Gasteiger partial charge on any atom is -0.465 e. The summed E-state index contributed by atoms with van der Waals surface area (Å²) in [6, 6.07) is 0. The van der Waals surface area contributed by atoms with E-state index >= 15 is 0 Å². The summed E-state index contributed by atoms with van der Waals surface area (Å²) in [6.07, 6.45) is -0.489. The van der Waals surface area contributed by atoms with Gasteiger partial charge >= 0.3 is 12.2 Å². The van der Waals surface area contributed by atoms with Gasteiger partial charge in [-0.15, -0.1) is 0 Å². The molecule has 9 nitrogen and oxygen atoms in total. The first-order valence-electron chi connectivity index (χ1n) is 7.58. The topological polar surface area (TPSA) is 104 Å². The second kappa shape index (κ2) is 8.56. The summed E-state index contributed by atoms with van der Waals surface area (Å²) in [5, 5.41) is 17.4. The molecule has 1 fully saturated rings. The molecule has 0 aromatic carbocycles. The zero-order valence-electron chi connectivity index (χ0n) is 14.1. The van der Waals surface area contributed by atoms with Crippen LogP contribution in [0.5, 0.6) is 0 Å². The number of alkyl carbamates (subject to hydrolysis) is 1. The predicted molar refractivity (Wildman–Crippen MR) is 84.4 cm³/mol. The van der Waals surface area contributed by atoms with Gasteiger partial charge in [0.25, 0.3) is 0 Å². The number of nitrogens with zero attached hydrogens (tertiary/aromatic N) is 3. The fraction of sp³-hybridized carbons (Fsp3) is 0.786. The number of ether oxygens (including phenoxy) is 2. The van der Waals surface area contributed by atoms with Crippen LogP contribution < -0.4 is 5.32 Å². The van der Waals surface area contributed by atoms with E-state index in [1.807, 2.05) is 0 Å². The molecule has 1 atom stereocenters. The van der Waals surface area contributed by atoms with Crippen LogP contribution in [-0.4, -0.2) is 78.0 Å². The van der Waals surface area contributed by atoms with E-state index in [1.54, 1.807) is 32.7 Å². The molecule has 1 unspecified atom stereocenters. The fourth-order valence-corrected chi connectivity index (χ4v) is 1.85. The normalized spacial score (nSPS) is 18.8. The molecule has 1 aliphatic rings. The highest BCUT2D eigenvalue weighted by Crippen LogP contribution is 2.08. The summed E-state index contributed by atoms with van der Waals surface area (Å²) in [6.45, 7) is 9.22. The molecular formula is C14H26N4O5. The molecule has 1 rings (SSSR count). The number of rotatable bonds is 5. The summed E-state index contributed by atoms with van der Waals surface area (Å²) in [7, 11) is 0. The van der Waals surface area contributed by atoms with E-state index in [4.69, 9.17) is 14.6 Å². The van der Waals surface area contributed by atoms with Crippen LogP contribution in [0, 0.1) is 0 Å². The first-order chi connectivity index (χ1) is 10.7. The third-order valence-electron chi connectivity index (χ3n) is 2.93. The van der Waals surface area contributed by atoms with E-state index in [2.05, 4.69) is 10.4 Å². The van der Waals surface area contributed by atoms with E-state index < -0.39 is 17.8 Å². The quantitative estimate of drug-likeness (QED) is 0.579. The van der Waals surface area contributed by atoms with Crippen molar-refractivity contribution in [3.8, 4) is 0 Å². The van der Waals surface area contributed by atoms with E-state index in [9.17, 15) is 9.59 Å². The van der Waals surface area contributed by atoms with Crippen molar-refractivity contribution in [1.29, 1.82) is 0 Å². The molecule has 2 amide bonds. The van der Waals surface area contributed by atoms with Crippen molar-refractivity contribution in [2.24, 2.45) is 5.10 Å². The van der Waals surface area contributed by atoms with Gasteiger partial charge in [-0.3, -0.25) is 9.91 Å². The van der Waals surface area contributed by atoms with E-state index in [0.717, 1.165) is 4.90 Å². The number of carbonyl (C=O) groups is 2. The Morgan fingerprint density at radius 3 is 2.78 bits per heavy atom. The Hall–Kier alpha value is -2.03. The molecule has 0 spiro atoms. The zero-order chi connectivity index (χ0) is 17.5. The number of carboxylic acid groups (broad SMARTS) is 1. The van der Waals surface area contributed by atoms with Gasteiger partial charge in [-0.25, -0.2) is 9.59 Å². The van der Waals surface area contributed by atoms with Crippen molar-refractivity contribution >= 4 is 18.5 Å². The summed E-state index contributed by atoms with van der Waals surface area (Å²) < 4.78 is 10.7. The summed E-state index contributed by atoms with van der Waals surface area (Å²) in [5.41, 5.74) is -0.547. The van der Waals surface area contributed by atoms with Crippen molar-refractivity contribution in [2.75, 3.05) is 32.8 Å². The minimum atomic E-state index is -1.05. The average molecular weight is 330 g/mol. The predicted octanol–water partition coefficient (Wildman–Crippen LogP) is 1.16. The monoisotopic (exact) mass is 330 g/mol. The number of hydrogen-bond acceptors (Lipinski definition) is 6. The van der Waals surface area contributed by atoms with Crippen LogP contribution in [0.4, 0.5) is 9.59 Å². The van der Waals surface area contributed by atoms with Crippen LogP contribution in [0.1, 0.15) is 27.7 Å². The number of nitrogens with one attached hydrogen (secondary N) is 1. The van der Waals surface area contributed by atoms with E-state index in [0.29, 0.717) is 32.8 Å². The molecule has 0 saturated carbocycles. The highest BCUT2D eigenvalue weighted by Gasteiger charge is 2.22. The van der Waals surface area contributed by atoms with Gasteiger partial charge < -0.3 is 19.9 Å². The minimum absolute atomic E-state index is 0.228. The Kier molecular flexibility index (Phi) is 7.08. The van der Waals surface area contributed by atoms with Crippen LogP contribution in [0.2, 0.25) is 0 Å². The van der Waals surface area contributed by atoms with Gasteiger partial charge in [0.05, 0.1) is 25.8 Å². The Labute approximate surface area is 136 Å². The van der Waals surface area contributed by atoms with Crippen LogP contribution >= 0.6 is 0 Å². The average Bonchev–Trinajstić information content (AvgIpc) is 2.44. The summed E-state index contributed by atoms with van der Waals surface area (Å²) >= 11 is 0. The lowest BCUT2D eigenvalue weighted by Crippen LogP contribution is -2.46. The SMILES string of the molecule is CCN(C=NN1CCOC(CNC(=O)OC(C)(C)C)C1)C(=O)O. The lowest BCUT2D eigenvalue weighted by molar-refractivity contribution is -0.0279. The van der Waals surface area contributed by atoms with Crippen molar-refractivity contribution in [1.82, 2.24) is 15.2 Å². The number of hydrazone groups is 1. The highest BCUT2D eigenvalue weighted by atomic mass is 16.6. The molecule has 0 radical (unpaired) electrons. The van der Waals surface area contributed by atoms with E-state index in [1.165, 1.54) is 6.34 Å². The highest BCUT2D eigenvalue weighted by molar-refractivity contribution is 5.80. The van der Waals surface area contributed by atoms with E-state index in [-0.39, 0.29) is 6.10 Å². The maximum Gasteiger partial charge on any atom is 0.412 e. The van der Waals surface area contributed by atoms with Crippen molar-refractivity contribution in [2.45, 2.75) is 39.4 Å². The van der Waals surface area contributed by atoms with Crippen molar-refractivity contribution in [3.05, 3.63) is 0 Å². The molecule has 1 heterocycles. The molecule has 0 aromatic rings. The number of morpholine rings is 1. The molecule has 0 bridgehead atoms. The van der Waals surface area contributed by atoms with Gasteiger partial charge in [0.15, 0.2) is 0 Å². The zero-order valence-corrected chi connectivity index (χ0v) is 14.1. The molecule has 9 heteroatoms. The Morgan fingerprint density at radius 1 is 1.52 bits per heavy atom. The molecule has 1 saturated heterocycles. The van der Waals surface area contributed by atoms with Crippen molar-refractivity contribution < 1.29 is 24.2 Å². The third-order valence-corrected chi connectivity index (χ3v) is 2.93. The molecule has 0 aliphatic carbocycles. The second-order valence-corrected chi connectivity index (χ2v) is 6.09. The molecule has 0 aromatic heterocycles.